The zero-order valence-electron chi connectivity index (χ0n) is 15.8. The summed E-state index contributed by atoms with van der Waals surface area (Å²) in [6.45, 7) is 2.21. The number of benzene rings is 2. The van der Waals surface area contributed by atoms with Gasteiger partial charge in [-0.1, -0.05) is 30.3 Å². The van der Waals surface area contributed by atoms with E-state index in [1.807, 2.05) is 0 Å². The number of nitrogens with one attached hydrogen (secondary N) is 2. The number of rotatable bonds is 7. The van der Waals surface area contributed by atoms with Gasteiger partial charge in [-0.25, -0.2) is 9.18 Å². The Labute approximate surface area is 167 Å². The van der Waals surface area contributed by atoms with Gasteiger partial charge in [0.1, 0.15) is 11.5 Å². The maximum Gasteiger partial charge on any atom is 0.340 e. The number of pyridine rings is 1. The van der Waals surface area contributed by atoms with Crippen LogP contribution in [0, 0.1) is 5.82 Å². The summed E-state index contributed by atoms with van der Waals surface area (Å²) in [7, 11) is 0. The summed E-state index contributed by atoms with van der Waals surface area (Å²) >= 11 is 0. The van der Waals surface area contributed by atoms with Gasteiger partial charge >= 0.3 is 5.97 Å². The number of aromatic nitrogens is 1. The number of carbonyl (C=O) groups is 2. The van der Waals surface area contributed by atoms with Gasteiger partial charge in [0.05, 0.1) is 17.9 Å². The predicted octanol–water partition coefficient (Wildman–Crippen LogP) is 4.26. The van der Waals surface area contributed by atoms with Crippen LogP contribution in [0.3, 0.4) is 0 Å². The van der Waals surface area contributed by atoms with Crippen molar-refractivity contribution in [2.45, 2.75) is 13.5 Å². The van der Waals surface area contributed by atoms with Crippen molar-refractivity contribution in [3.63, 3.8) is 0 Å². The van der Waals surface area contributed by atoms with E-state index < -0.39 is 11.9 Å². The normalized spacial score (nSPS) is 10.3. The topological polar surface area (TPSA) is 80.3 Å². The third-order valence-electron chi connectivity index (χ3n) is 4.10. The molecule has 6 nitrogen and oxygen atoms in total. The lowest BCUT2D eigenvalue weighted by Gasteiger charge is -2.11. The molecule has 2 N–H and O–H groups in total. The number of esters is 1. The average molecular weight is 393 g/mol. The summed E-state index contributed by atoms with van der Waals surface area (Å²) in [4.78, 5) is 28.7. The van der Waals surface area contributed by atoms with Crippen LogP contribution in [0.5, 0.6) is 0 Å². The molecule has 148 valence electrons. The molecular formula is C22H20FN3O3. The molecule has 3 rings (SSSR count). The molecule has 0 saturated heterocycles. The molecule has 29 heavy (non-hydrogen) atoms. The third-order valence-corrected chi connectivity index (χ3v) is 4.10. The average Bonchev–Trinajstić information content (AvgIpc) is 2.74. The lowest BCUT2D eigenvalue weighted by atomic mass is 10.1. The summed E-state index contributed by atoms with van der Waals surface area (Å²) in [5.74, 6) is -1.30. The first kappa shape index (κ1) is 20.0. The molecule has 0 atom stereocenters. The van der Waals surface area contributed by atoms with Gasteiger partial charge in [0.25, 0.3) is 5.91 Å². The van der Waals surface area contributed by atoms with Crippen molar-refractivity contribution in [2.75, 3.05) is 17.2 Å². The van der Waals surface area contributed by atoms with Gasteiger partial charge in [-0.05, 0) is 37.3 Å². The number of hydrogen-bond donors (Lipinski definition) is 2. The van der Waals surface area contributed by atoms with E-state index in [2.05, 4.69) is 15.6 Å². The van der Waals surface area contributed by atoms with Crippen LogP contribution in [0.2, 0.25) is 0 Å². The zero-order valence-corrected chi connectivity index (χ0v) is 15.8. The summed E-state index contributed by atoms with van der Waals surface area (Å²) in [6, 6.07) is 16.3. The summed E-state index contributed by atoms with van der Waals surface area (Å²) in [5, 5.41) is 5.76. The Morgan fingerprint density at radius 1 is 1.07 bits per heavy atom. The zero-order chi connectivity index (χ0) is 20.6. The van der Waals surface area contributed by atoms with Crippen LogP contribution in [0.4, 0.5) is 15.8 Å². The van der Waals surface area contributed by atoms with Crippen molar-refractivity contribution >= 4 is 23.3 Å². The summed E-state index contributed by atoms with van der Waals surface area (Å²) < 4.78 is 18.8. The molecule has 0 fully saturated rings. The number of para-hydroxylation sites is 1. The Hall–Kier alpha value is -3.74. The van der Waals surface area contributed by atoms with Gasteiger partial charge in [0.2, 0.25) is 0 Å². The lowest BCUT2D eigenvalue weighted by molar-refractivity contribution is 0.0527. The first-order valence-electron chi connectivity index (χ1n) is 9.09. The SMILES string of the molecule is CCOC(=O)c1ccccc1NC(=O)c1cc(NCc2ccccc2F)ccn1. The number of amides is 1. The van der Waals surface area contributed by atoms with E-state index in [0.717, 1.165) is 0 Å². The van der Waals surface area contributed by atoms with Crippen LogP contribution in [0.1, 0.15) is 33.3 Å². The minimum atomic E-state index is -0.517. The summed E-state index contributed by atoms with van der Waals surface area (Å²) in [5.41, 5.74) is 1.88. The predicted molar refractivity (Wildman–Crippen MR) is 108 cm³/mol. The van der Waals surface area contributed by atoms with Crippen molar-refractivity contribution < 1.29 is 18.7 Å². The van der Waals surface area contributed by atoms with Gasteiger partial charge in [-0.2, -0.15) is 0 Å². The number of halogens is 1. The first-order valence-corrected chi connectivity index (χ1v) is 9.09. The minimum absolute atomic E-state index is 0.155. The maximum absolute atomic E-state index is 13.7. The number of nitrogens with zero attached hydrogens (tertiary/aromatic N) is 1. The molecule has 0 radical (unpaired) electrons. The lowest BCUT2D eigenvalue weighted by Crippen LogP contribution is -2.17. The van der Waals surface area contributed by atoms with E-state index >= 15 is 0 Å². The standard InChI is InChI=1S/C22H20FN3O3/c1-2-29-22(28)17-8-4-6-10-19(17)26-21(27)20-13-16(11-12-24-20)25-14-15-7-3-5-9-18(15)23/h3-13H,2,14H2,1H3,(H,24,25)(H,26,27). The van der Waals surface area contributed by atoms with E-state index in [1.54, 1.807) is 61.5 Å². The number of anilines is 2. The third kappa shape index (κ3) is 5.16. The smallest absolute Gasteiger partial charge is 0.340 e. The fourth-order valence-electron chi connectivity index (χ4n) is 2.67. The second kappa shape index (κ2) is 9.45. The second-order valence-electron chi connectivity index (χ2n) is 6.09. The van der Waals surface area contributed by atoms with E-state index in [0.29, 0.717) is 16.9 Å². The van der Waals surface area contributed by atoms with Crippen molar-refractivity contribution in [2.24, 2.45) is 0 Å². The fourth-order valence-corrected chi connectivity index (χ4v) is 2.67. The highest BCUT2D eigenvalue weighted by atomic mass is 19.1. The molecule has 0 aliphatic carbocycles. The van der Waals surface area contributed by atoms with Crippen LogP contribution in [0.15, 0.2) is 66.9 Å². The quantitative estimate of drug-likeness (QED) is 0.586. The van der Waals surface area contributed by atoms with Crippen LogP contribution in [-0.2, 0) is 11.3 Å². The van der Waals surface area contributed by atoms with Gasteiger partial charge < -0.3 is 15.4 Å². The molecule has 3 aromatic rings. The van der Waals surface area contributed by atoms with E-state index in [4.69, 9.17) is 4.74 Å². The van der Waals surface area contributed by atoms with Crippen LogP contribution in [-0.4, -0.2) is 23.5 Å². The molecule has 1 amide bonds. The van der Waals surface area contributed by atoms with Gasteiger partial charge in [0.15, 0.2) is 0 Å². The molecular weight excluding hydrogens is 373 g/mol. The van der Waals surface area contributed by atoms with Crippen molar-refractivity contribution in [1.29, 1.82) is 0 Å². The Morgan fingerprint density at radius 3 is 2.62 bits per heavy atom. The number of carbonyl (C=O) groups excluding carboxylic acids is 2. The molecule has 0 bridgehead atoms. The fraction of sp³-hybridized carbons (Fsp3) is 0.136. The van der Waals surface area contributed by atoms with Crippen LogP contribution in [0.25, 0.3) is 0 Å². The van der Waals surface area contributed by atoms with E-state index in [1.165, 1.54) is 12.3 Å². The minimum Gasteiger partial charge on any atom is -0.462 e. The molecule has 0 aliphatic rings. The Bertz CT molecular complexity index is 1020. The molecule has 2 aromatic carbocycles. The Morgan fingerprint density at radius 2 is 1.83 bits per heavy atom. The molecule has 0 aliphatic heterocycles. The molecule has 0 unspecified atom stereocenters. The monoisotopic (exact) mass is 393 g/mol. The molecule has 1 aromatic heterocycles. The number of hydrogen-bond acceptors (Lipinski definition) is 5. The van der Waals surface area contributed by atoms with Gasteiger partial charge in [0, 0.05) is 24.0 Å². The largest absolute Gasteiger partial charge is 0.462 e. The van der Waals surface area contributed by atoms with Gasteiger partial charge in [-0.3, -0.25) is 9.78 Å². The Balaban J connectivity index is 1.72. The van der Waals surface area contributed by atoms with Crippen LogP contribution >= 0.6 is 0 Å². The molecule has 0 saturated carbocycles. The van der Waals surface area contributed by atoms with Crippen molar-refractivity contribution in [3.05, 3.63) is 89.5 Å². The van der Waals surface area contributed by atoms with Crippen molar-refractivity contribution in [1.82, 2.24) is 4.98 Å². The molecule has 1 heterocycles. The molecule has 7 heteroatoms. The van der Waals surface area contributed by atoms with Crippen molar-refractivity contribution in [3.8, 4) is 0 Å². The second-order valence-corrected chi connectivity index (χ2v) is 6.09. The van der Waals surface area contributed by atoms with Gasteiger partial charge in [-0.15, -0.1) is 0 Å². The highest BCUT2D eigenvalue weighted by Crippen LogP contribution is 2.18. The highest BCUT2D eigenvalue weighted by Gasteiger charge is 2.15. The molecule has 0 spiro atoms. The first-order chi connectivity index (χ1) is 14.1. The highest BCUT2D eigenvalue weighted by molar-refractivity contribution is 6.07. The maximum atomic E-state index is 13.7. The Kier molecular flexibility index (Phi) is 6.52. The van der Waals surface area contributed by atoms with E-state index in [-0.39, 0.29) is 30.2 Å². The summed E-state index contributed by atoms with van der Waals surface area (Å²) in [6.07, 6.45) is 1.48. The van der Waals surface area contributed by atoms with Crippen LogP contribution < -0.4 is 10.6 Å². The van der Waals surface area contributed by atoms with E-state index in [9.17, 15) is 14.0 Å². The number of ether oxygens (including phenoxy) is 1.